The molecule has 0 fully saturated rings. The molecule has 0 saturated carbocycles. The molecule has 5 nitrogen and oxygen atoms in total. The van der Waals surface area contributed by atoms with Crippen molar-refractivity contribution in [2.75, 3.05) is 13.9 Å². The second-order valence-corrected chi connectivity index (χ2v) is 7.34. The van der Waals surface area contributed by atoms with Gasteiger partial charge in [0.05, 0.1) is 12.8 Å². The van der Waals surface area contributed by atoms with Crippen molar-refractivity contribution in [1.29, 1.82) is 0 Å². The van der Waals surface area contributed by atoms with Crippen LogP contribution < -0.4 is 14.2 Å². The van der Waals surface area contributed by atoms with Crippen molar-refractivity contribution in [2.24, 2.45) is 0 Å². The maximum Gasteiger partial charge on any atom is 0.231 e. The highest BCUT2D eigenvalue weighted by molar-refractivity contribution is 7.98. The summed E-state index contributed by atoms with van der Waals surface area (Å²) in [5.41, 5.74) is 3.77. The van der Waals surface area contributed by atoms with Crippen LogP contribution in [-0.2, 0) is 5.75 Å². The van der Waals surface area contributed by atoms with Crippen molar-refractivity contribution >= 4 is 23.4 Å². The highest BCUT2D eigenvalue weighted by Crippen LogP contribution is 2.38. The molecule has 1 aliphatic heterocycles. The molecule has 4 rings (SSSR count). The van der Waals surface area contributed by atoms with Gasteiger partial charge in [-0.15, -0.1) is 0 Å². The molecule has 0 N–H and O–H groups in total. The first-order chi connectivity index (χ1) is 13.1. The average Bonchev–Trinajstić information content (AvgIpc) is 3.13. The predicted molar refractivity (Wildman–Crippen MR) is 106 cm³/mol. The summed E-state index contributed by atoms with van der Waals surface area (Å²) in [6.45, 7) is 2.20. The van der Waals surface area contributed by atoms with Gasteiger partial charge in [0.25, 0.3) is 0 Å². The van der Waals surface area contributed by atoms with E-state index in [4.69, 9.17) is 25.8 Å². The predicted octanol–water partition coefficient (Wildman–Crippen LogP) is 5.14. The van der Waals surface area contributed by atoms with Crippen LogP contribution in [0.25, 0.3) is 11.3 Å². The van der Waals surface area contributed by atoms with E-state index in [0.29, 0.717) is 21.7 Å². The summed E-state index contributed by atoms with van der Waals surface area (Å²) >= 11 is 7.90. The first-order valence-corrected chi connectivity index (χ1v) is 9.69. The molecule has 0 unspecified atom stereocenters. The van der Waals surface area contributed by atoms with Crippen molar-refractivity contribution in [3.05, 3.63) is 58.7 Å². The second kappa shape index (κ2) is 7.66. The number of ether oxygens (including phenoxy) is 3. The summed E-state index contributed by atoms with van der Waals surface area (Å²) in [6.07, 6.45) is 0. The Hall–Kier alpha value is -2.44. The van der Waals surface area contributed by atoms with E-state index >= 15 is 0 Å². The lowest BCUT2D eigenvalue weighted by atomic mass is 10.1. The smallest absolute Gasteiger partial charge is 0.231 e. The Kier molecular flexibility index (Phi) is 5.09. The van der Waals surface area contributed by atoms with Crippen molar-refractivity contribution in [3.8, 4) is 28.5 Å². The van der Waals surface area contributed by atoms with Crippen LogP contribution >= 0.6 is 23.4 Å². The molecule has 0 radical (unpaired) electrons. The monoisotopic (exact) mass is 400 g/mol. The van der Waals surface area contributed by atoms with Crippen LogP contribution in [0.4, 0.5) is 0 Å². The highest BCUT2D eigenvalue weighted by Gasteiger charge is 2.17. The van der Waals surface area contributed by atoms with Gasteiger partial charge in [-0.05, 0) is 48.9 Å². The quantitative estimate of drug-likeness (QED) is 0.437. The van der Waals surface area contributed by atoms with Crippen LogP contribution in [-0.4, -0.2) is 23.9 Å². The number of methoxy groups -OCH3 is 1. The summed E-state index contributed by atoms with van der Waals surface area (Å²) in [7, 11) is 1.65. The van der Waals surface area contributed by atoms with Crippen LogP contribution in [0, 0.1) is 6.92 Å². The first kappa shape index (κ1) is 17.9. The van der Waals surface area contributed by atoms with Crippen LogP contribution in [0.3, 0.4) is 0 Å². The molecule has 2 heterocycles. The number of benzene rings is 2. The molecule has 3 aromatic rings. The Morgan fingerprint density at radius 3 is 2.56 bits per heavy atom. The lowest BCUT2D eigenvalue weighted by molar-refractivity contribution is 0.174. The standard InChI is InChI=1S/C20H17ClN2O3S/c1-12-7-17(13-3-5-15(24-2)6-4-13)23-20(22-12)27-10-14-8-18-19(9-16(14)21)26-11-25-18/h3-9H,10-11H2,1-2H3. The summed E-state index contributed by atoms with van der Waals surface area (Å²) in [5.74, 6) is 2.86. The van der Waals surface area contributed by atoms with Crippen LogP contribution in [0.1, 0.15) is 11.3 Å². The fourth-order valence-electron chi connectivity index (χ4n) is 2.73. The van der Waals surface area contributed by atoms with Crippen LogP contribution in [0.15, 0.2) is 47.6 Å². The van der Waals surface area contributed by atoms with Gasteiger partial charge >= 0.3 is 0 Å². The molecule has 27 heavy (non-hydrogen) atoms. The average molecular weight is 401 g/mol. The molecule has 1 aliphatic rings. The second-order valence-electron chi connectivity index (χ2n) is 5.99. The van der Waals surface area contributed by atoms with Gasteiger partial charge < -0.3 is 14.2 Å². The Morgan fingerprint density at radius 2 is 1.81 bits per heavy atom. The van der Waals surface area contributed by atoms with Gasteiger partial charge in [0, 0.05) is 28.1 Å². The van der Waals surface area contributed by atoms with E-state index < -0.39 is 0 Å². The number of hydrogen-bond donors (Lipinski definition) is 0. The van der Waals surface area contributed by atoms with E-state index in [9.17, 15) is 0 Å². The minimum atomic E-state index is 0.231. The molecule has 0 amide bonds. The lowest BCUT2D eigenvalue weighted by Gasteiger charge is -2.08. The van der Waals surface area contributed by atoms with Gasteiger partial charge in [-0.3, -0.25) is 0 Å². The third kappa shape index (κ3) is 3.96. The van der Waals surface area contributed by atoms with Crippen LogP contribution in [0.5, 0.6) is 17.2 Å². The SMILES string of the molecule is COc1ccc(-c2cc(C)nc(SCc3cc4c(cc3Cl)OCO4)n2)cc1. The molecular weight excluding hydrogens is 384 g/mol. The molecule has 0 saturated heterocycles. The number of aryl methyl sites for hydroxylation is 1. The molecule has 0 spiro atoms. The van der Waals surface area contributed by atoms with Crippen molar-refractivity contribution in [1.82, 2.24) is 9.97 Å². The fraction of sp³-hybridized carbons (Fsp3) is 0.200. The van der Waals surface area contributed by atoms with Gasteiger partial charge in [0.15, 0.2) is 16.7 Å². The lowest BCUT2D eigenvalue weighted by Crippen LogP contribution is -1.95. The number of thioether (sulfide) groups is 1. The zero-order chi connectivity index (χ0) is 18.8. The number of hydrogen-bond acceptors (Lipinski definition) is 6. The van der Waals surface area contributed by atoms with E-state index in [2.05, 4.69) is 9.97 Å². The first-order valence-electron chi connectivity index (χ1n) is 8.33. The molecule has 1 aromatic heterocycles. The van der Waals surface area contributed by atoms with Crippen LogP contribution in [0.2, 0.25) is 5.02 Å². The van der Waals surface area contributed by atoms with Gasteiger partial charge in [0.2, 0.25) is 6.79 Å². The summed E-state index contributed by atoms with van der Waals surface area (Å²) in [4.78, 5) is 9.23. The Morgan fingerprint density at radius 1 is 1.07 bits per heavy atom. The summed E-state index contributed by atoms with van der Waals surface area (Å²) in [5, 5.41) is 1.35. The Bertz CT molecular complexity index is 980. The normalized spacial score (nSPS) is 12.3. The summed E-state index contributed by atoms with van der Waals surface area (Å²) in [6, 6.07) is 13.5. The van der Waals surface area contributed by atoms with Crippen molar-refractivity contribution in [2.45, 2.75) is 17.8 Å². The number of nitrogens with zero attached hydrogens (tertiary/aromatic N) is 2. The molecule has 7 heteroatoms. The Labute approximate surface area is 166 Å². The highest BCUT2D eigenvalue weighted by atomic mass is 35.5. The minimum absolute atomic E-state index is 0.231. The number of fused-ring (bicyclic) bond motifs is 1. The van der Waals surface area contributed by atoms with E-state index in [1.54, 1.807) is 13.2 Å². The zero-order valence-corrected chi connectivity index (χ0v) is 16.4. The molecule has 138 valence electrons. The maximum absolute atomic E-state index is 6.36. The van der Waals surface area contributed by atoms with E-state index in [1.165, 1.54) is 11.8 Å². The van der Waals surface area contributed by atoms with E-state index in [-0.39, 0.29) is 6.79 Å². The third-order valence-corrected chi connectivity index (χ3v) is 5.37. The molecule has 0 atom stereocenters. The number of rotatable bonds is 5. The molecular formula is C20H17ClN2O3S. The minimum Gasteiger partial charge on any atom is -0.497 e. The summed E-state index contributed by atoms with van der Waals surface area (Å²) < 4.78 is 16.0. The largest absolute Gasteiger partial charge is 0.497 e. The third-order valence-electron chi connectivity index (χ3n) is 4.12. The molecule has 0 aliphatic carbocycles. The van der Waals surface area contributed by atoms with Gasteiger partial charge in [-0.1, -0.05) is 23.4 Å². The maximum atomic E-state index is 6.36. The van der Waals surface area contributed by atoms with E-state index in [0.717, 1.165) is 34.0 Å². The number of aromatic nitrogens is 2. The van der Waals surface area contributed by atoms with Gasteiger partial charge in [-0.2, -0.15) is 0 Å². The number of halogens is 1. The topological polar surface area (TPSA) is 53.5 Å². The zero-order valence-electron chi connectivity index (χ0n) is 14.9. The Balaban J connectivity index is 1.55. The van der Waals surface area contributed by atoms with E-state index in [1.807, 2.05) is 43.3 Å². The fourth-order valence-corrected chi connectivity index (χ4v) is 3.92. The van der Waals surface area contributed by atoms with Gasteiger partial charge in [-0.25, -0.2) is 9.97 Å². The molecule has 0 bridgehead atoms. The van der Waals surface area contributed by atoms with Crippen molar-refractivity contribution < 1.29 is 14.2 Å². The molecule has 2 aromatic carbocycles. The van der Waals surface area contributed by atoms with Crippen molar-refractivity contribution in [3.63, 3.8) is 0 Å². The van der Waals surface area contributed by atoms with Gasteiger partial charge in [0.1, 0.15) is 5.75 Å².